The van der Waals surface area contributed by atoms with Crippen molar-refractivity contribution in [1.82, 2.24) is 4.98 Å². The first-order valence-electron chi connectivity index (χ1n) is 5.96. The summed E-state index contributed by atoms with van der Waals surface area (Å²) in [6.07, 6.45) is 0.888. The Balaban J connectivity index is 2.07. The van der Waals surface area contributed by atoms with E-state index >= 15 is 0 Å². The number of aryl methyl sites for hydroxylation is 1. The summed E-state index contributed by atoms with van der Waals surface area (Å²) in [4.78, 5) is 5.49. The van der Waals surface area contributed by atoms with Crippen molar-refractivity contribution < 1.29 is 4.74 Å². The first kappa shape index (κ1) is 13.4. The second-order valence-corrected chi connectivity index (χ2v) is 4.97. The maximum Gasteiger partial charge on any atom is 0.143 e. The van der Waals surface area contributed by atoms with E-state index in [0.29, 0.717) is 11.3 Å². The maximum atomic E-state index is 9.11. The minimum Gasteiger partial charge on any atom is -0.495 e. The molecule has 98 valence electrons. The molecular weight excluding hydrogens is 258 g/mol. The highest BCUT2D eigenvalue weighted by Gasteiger charge is 2.08. The van der Waals surface area contributed by atoms with Crippen LogP contribution in [-0.4, -0.2) is 18.6 Å². The van der Waals surface area contributed by atoms with Gasteiger partial charge < -0.3 is 10.1 Å². The smallest absolute Gasteiger partial charge is 0.143 e. The Labute approximate surface area is 116 Å². The lowest BCUT2D eigenvalue weighted by Gasteiger charge is -2.12. The Morgan fingerprint density at radius 1 is 1.47 bits per heavy atom. The zero-order valence-corrected chi connectivity index (χ0v) is 11.8. The summed E-state index contributed by atoms with van der Waals surface area (Å²) < 4.78 is 5.28. The first-order valence-corrected chi connectivity index (χ1v) is 6.84. The van der Waals surface area contributed by atoms with Crippen molar-refractivity contribution in [2.24, 2.45) is 0 Å². The van der Waals surface area contributed by atoms with Crippen LogP contribution in [0.15, 0.2) is 23.7 Å². The fourth-order valence-corrected chi connectivity index (χ4v) is 2.63. The average molecular weight is 273 g/mol. The van der Waals surface area contributed by atoms with Gasteiger partial charge in [-0.15, -0.1) is 11.3 Å². The number of methoxy groups -OCH3 is 1. The molecule has 2 rings (SSSR count). The largest absolute Gasteiger partial charge is 0.495 e. The summed E-state index contributed by atoms with van der Waals surface area (Å²) in [6, 6.07) is 7.62. The third kappa shape index (κ3) is 3.04. The van der Waals surface area contributed by atoms with Gasteiger partial charge in [0.1, 0.15) is 11.8 Å². The Bertz CT molecular complexity index is 601. The number of aromatic nitrogens is 1. The molecule has 1 heterocycles. The molecule has 0 aliphatic heterocycles. The molecule has 0 atom stereocenters. The maximum absolute atomic E-state index is 9.11. The molecule has 0 amide bonds. The van der Waals surface area contributed by atoms with Gasteiger partial charge in [-0.05, 0) is 19.1 Å². The number of hydrogen-bond acceptors (Lipinski definition) is 5. The molecule has 0 aliphatic rings. The average Bonchev–Trinajstić information content (AvgIpc) is 2.84. The highest BCUT2D eigenvalue weighted by molar-refractivity contribution is 7.09. The molecule has 1 N–H and O–H groups in total. The third-order valence-corrected chi connectivity index (χ3v) is 3.86. The second-order valence-electron chi connectivity index (χ2n) is 4.03. The lowest BCUT2D eigenvalue weighted by atomic mass is 10.1. The second kappa shape index (κ2) is 6.21. The van der Waals surface area contributed by atoms with Gasteiger partial charge >= 0.3 is 0 Å². The van der Waals surface area contributed by atoms with Crippen LogP contribution >= 0.6 is 11.3 Å². The molecule has 0 unspecified atom stereocenters. The molecule has 0 bridgehead atoms. The van der Waals surface area contributed by atoms with Gasteiger partial charge in [0.2, 0.25) is 0 Å². The first-order chi connectivity index (χ1) is 9.26. The highest BCUT2D eigenvalue weighted by Crippen LogP contribution is 2.27. The minimum absolute atomic E-state index is 0.598. The van der Waals surface area contributed by atoms with E-state index in [1.807, 2.05) is 24.6 Å². The van der Waals surface area contributed by atoms with Crippen molar-refractivity contribution in [3.63, 3.8) is 0 Å². The van der Waals surface area contributed by atoms with Crippen molar-refractivity contribution in [1.29, 1.82) is 5.26 Å². The van der Waals surface area contributed by atoms with Gasteiger partial charge in [0.15, 0.2) is 0 Å². The van der Waals surface area contributed by atoms with Crippen LogP contribution in [0.1, 0.15) is 16.1 Å². The Morgan fingerprint density at radius 3 is 2.95 bits per heavy atom. The van der Waals surface area contributed by atoms with E-state index in [1.54, 1.807) is 24.5 Å². The van der Waals surface area contributed by atoms with Crippen molar-refractivity contribution in [2.45, 2.75) is 13.3 Å². The summed E-state index contributed by atoms with van der Waals surface area (Å²) in [6.45, 7) is 2.76. The standard InChI is InChI=1S/C14H15N3OS/c1-10-13(19-9-17-10)6-7-16-14-11(8-15)4-3-5-12(14)18-2/h3-5,9,16H,6-7H2,1-2H3. The van der Waals surface area contributed by atoms with Gasteiger partial charge in [-0.2, -0.15) is 5.26 Å². The van der Waals surface area contributed by atoms with Gasteiger partial charge in [0.05, 0.1) is 29.6 Å². The van der Waals surface area contributed by atoms with E-state index in [1.165, 1.54) is 4.88 Å². The van der Waals surface area contributed by atoms with Gasteiger partial charge in [0.25, 0.3) is 0 Å². The summed E-state index contributed by atoms with van der Waals surface area (Å²) >= 11 is 1.66. The molecule has 19 heavy (non-hydrogen) atoms. The fraction of sp³-hybridized carbons (Fsp3) is 0.286. The normalized spacial score (nSPS) is 9.95. The molecule has 0 radical (unpaired) electrons. The molecule has 0 spiro atoms. The quantitative estimate of drug-likeness (QED) is 0.910. The molecule has 0 saturated heterocycles. The van der Waals surface area contributed by atoms with Gasteiger partial charge in [-0.1, -0.05) is 6.07 Å². The minimum atomic E-state index is 0.598. The number of nitriles is 1. The molecule has 0 saturated carbocycles. The van der Waals surface area contributed by atoms with E-state index < -0.39 is 0 Å². The van der Waals surface area contributed by atoms with E-state index in [2.05, 4.69) is 16.4 Å². The summed E-state index contributed by atoms with van der Waals surface area (Å²) in [5.74, 6) is 0.695. The molecule has 5 heteroatoms. The number of benzene rings is 1. The Morgan fingerprint density at radius 2 is 2.32 bits per heavy atom. The van der Waals surface area contributed by atoms with Crippen LogP contribution in [0.3, 0.4) is 0 Å². The van der Waals surface area contributed by atoms with Gasteiger partial charge in [0, 0.05) is 17.8 Å². The van der Waals surface area contributed by atoms with E-state index in [9.17, 15) is 0 Å². The SMILES string of the molecule is COc1cccc(C#N)c1NCCc1scnc1C. The molecule has 2 aromatic rings. The number of anilines is 1. The zero-order chi connectivity index (χ0) is 13.7. The van der Waals surface area contributed by atoms with Crippen molar-refractivity contribution in [2.75, 3.05) is 19.0 Å². The van der Waals surface area contributed by atoms with E-state index in [4.69, 9.17) is 10.00 Å². The third-order valence-electron chi connectivity index (χ3n) is 2.87. The summed E-state index contributed by atoms with van der Waals surface area (Å²) in [7, 11) is 1.61. The zero-order valence-electron chi connectivity index (χ0n) is 10.9. The van der Waals surface area contributed by atoms with Crippen LogP contribution in [-0.2, 0) is 6.42 Å². The summed E-state index contributed by atoms with van der Waals surface area (Å²) in [5.41, 5.74) is 4.29. The number of para-hydroxylation sites is 1. The highest BCUT2D eigenvalue weighted by atomic mass is 32.1. The fourth-order valence-electron chi connectivity index (χ4n) is 1.84. The van der Waals surface area contributed by atoms with Crippen molar-refractivity contribution in [3.05, 3.63) is 39.8 Å². The van der Waals surface area contributed by atoms with Crippen molar-refractivity contribution >= 4 is 17.0 Å². The predicted molar refractivity (Wildman–Crippen MR) is 76.8 cm³/mol. The Hall–Kier alpha value is -2.06. The Kier molecular flexibility index (Phi) is 4.37. The molecule has 0 fully saturated rings. The number of thiazole rings is 1. The molecule has 0 aliphatic carbocycles. The number of rotatable bonds is 5. The van der Waals surface area contributed by atoms with Crippen LogP contribution in [0.25, 0.3) is 0 Å². The number of nitrogens with zero attached hydrogens (tertiary/aromatic N) is 2. The summed E-state index contributed by atoms with van der Waals surface area (Å²) in [5, 5.41) is 12.4. The van der Waals surface area contributed by atoms with Crippen LogP contribution in [0.2, 0.25) is 0 Å². The molecule has 1 aromatic heterocycles. The van der Waals surface area contributed by atoms with Crippen LogP contribution in [0, 0.1) is 18.3 Å². The van der Waals surface area contributed by atoms with Crippen LogP contribution in [0.5, 0.6) is 5.75 Å². The van der Waals surface area contributed by atoms with Crippen LogP contribution < -0.4 is 10.1 Å². The lowest BCUT2D eigenvalue weighted by molar-refractivity contribution is 0.416. The number of ether oxygens (including phenoxy) is 1. The monoisotopic (exact) mass is 273 g/mol. The lowest BCUT2D eigenvalue weighted by Crippen LogP contribution is -2.07. The number of hydrogen-bond donors (Lipinski definition) is 1. The van der Waals surface area contributed by atoms with Crippen LogP contribution in [0.4, 0.5) is 5.69 Å². The van der Waals surface area contributed by atoms with Gasteiger partial charge in [-0.3, -0.25) is 0 Å². The van der Waals surface area contributed by atoms with Crippen molar-refractivity contribution in [3.8, 4) is 11.8 Å². The topological polar surface area (TPSA) is 57.9 Å². The molecule has 1 aromatic carbocycles. The number of nitrogens with one attached hydrogen (secondary N) is 1. The van der Waals surface area contributed by atoms with E-state index in [-0.39, 0.29) is 0 Å². The van der Waals surface area contributed by atoms with E-state index in [0.717, 1.165) is 24.3 Å². The predicted octanol–water partition coefficient (Wildman–Crippen LogP) is 2.99. The molecular formula is C14H15N3OS. The van der Waals surface area contributed by atoms with Gasteiger partial charge in [-0.25, -0.2) is 4.98 Å². The molecule has 4 nitrogen and oxygen atoms in total.